The maximum Gasteiger partial charge on any atom is 0.362 e. The van der Waals surface area contributed by atoms with Crippen LogP contribution in [0.5, 0.6) is 0 Å². The third-order valence-electron chi connectivity index (χ3n) is 12.3. The fraction of sp³-hybridized carbons (Fsp3) is 0.404. The van der Waals surface area contributed by atoms with Crippen LogP contribution >= 0.6 is 38.6 Å². The summed E-state index contributed by atoms with van der Waals surface area (Å²) in [6.07, 6.45) is 13.0. The zero-order chi connectivity index (χ0) is 43.5. The Morgan fingerprint density at radius 3 is 1.66 bits per heavy atom. The van der Waals surface area contributed by atoms with Crippen molar-refractivity contribution < 1.29 is 13.9 Å². The van der Waals surface area contributed by atoms with Crippen LogP contribution in [0.3, 0.4) is 0 Å². The van der Waals surface area contributed by atoms with Gasteiger partial charge in [0.15, 0.2) is 0 Å². The van der Waals surface area contributed by atoms with Crippen molar-refractivity contribution in [3.05, 3.63) is 87.5 Å². The normalized spacial score (nSPS) is 19.1. The molecule has 0 spiro atoms. The Bertz CT molecular complexity index is 2680. The number of rotatable bonds is 8. The number of halogens is 1. The number of aromatic nitrogens is 4. The van der Waals surface area contributed by atoms with Gasteiger partial charge in [0.2, 0.25) is 0 Å². The topological polar surface area (TPSA) is 129 Å². The van der Waals surface area contributed by atoms with Gasteiger partial charge >= 0.3 is 6.92 Å². The molecule has 0 radical (unpaired) electrons. The fourth-order valence-corrected chi connectivity index (χ4v) is 11.4. The molecule has 0 saturated heterocycles. The Hall–Kier alpha value is -4.38. The summed E-state index contributed by atoms with van der Waals surface area (Å²) in [4.78, 5) is 27.3. The summed E-state index contributed by atoms with van der Waals surface area (Å²) in [7, 11) is 8.72. The smallest absolute Gasteiger partial charge is 0.362 e. The van der Waals surface area contributed by atoms with E-state index in [0.29, 0.717) is 23.8 Å². The van der Waals surface area contributed by atoms with Gasteiger partial charge in [-0.25, -0.2) is 19.9 Å². The Morgan fingerprint density at radius 1 is 0.661 bits per heavy atom. The molecule has 0 bridgehead atoms. The van der Waals surface area contributed by atoms with Gasteiger partial charge < -0.3 is 34.3 Å². The van der Waals surface area contributed by atoms with Crippen molar-refractivity contribution in [3.63, 3.8) is 0 Å². The average Bonchev–Trinajstić information content (AvgIpc) is 4.05. The minimum Gasteiger partial charge on any atom is -0.468 e. The minimum atomic E-state index is -0.530. The van der Waals surface area contributed by atoms with Crippen molar-refractivity contribution in [1.82, 2.24) is 29.7 Å². The number of thiophene rings is 2. The Morgan fingerprint density at radius 2 is 1.15 bits per heavy atom. The lowest BCUT2D eigenvalue weighted by atomic mass is 9.69. The van der Waals surface area contributed by atoms with E-state index in [9.17, 15) is 5.02 Å². The van der Waals surface area contributed by atoms with Crippen LogP contribution in [0.25, 0.3) is 53.7 Å². The van der Waals surface area contributed by atoms with E-state index in [4.69, 9.17) is 8.83 Å². The van der Waals surface area contributed by atoms with Gasteiger partial charge in [0.1, 0.15) is 56.5 Å². The van der Waals surface area contributed by atoms with Crippen molar-refractivity contribution >= 4 is 105 Å². The van der Waals surface area contributed by atoms with Gasteiger partial charge in [0.05, 0.1) is 10.8 Å². The first-order valence-corrected chi connectivity index (χ1v) is 24.0. The molecular formula is C47H56BBrN8O3S2. The minimum absolute atomic E-state index is 0.452. The van der Waals surface area contributed by atoms with E-state index in [2.05, 4.69) is 110 Å². The van der Waals surface area contributed by atoms with E-state index < -0.39 is 6.92 Å². The second-order valence-electron chi connectivity index (χ2n) is 17.0. The monoisotopic (exact) mass is 934 g/mol. The third kappa shape index (κ3) is 9.88. The number of nitrogens with one attached hydrogen (secondary N) is 2. The molecule has 2 aliphatic rings. The molecule has 0 aliphatic heterocycles. The quantitative estimate of drug-likeness (QED) is 0.126. The predicted molar refractivity (Wildman–Crippen MR) is 264 cm³/mol. The van der Waals surface area contributed by atoms with Crippen LogP contribution in [0, 0.1) is 13.8 Å². The SMILES string of the molecule is CB(O)c1cc2ccccc2o1.Cc1sc2ncnc(NC3CCC(N(C)C)CC3)c2c1-c1cc2ccccc2o1.Cc1sc2ncnc(NC3CCC(N(C)C)CC3)c2c1Br. The number of hydrogen-bond donors (Lipinski definition) is 3. The molecule has 8 aromatic rings. The molecule has 62 heavy (non-hydrogen) atoms. The number of furan rings is 2. The standard InChI is InChI=1S/C23H26N4OS.C15H21BrN4S.C9H9BO2/c1-14-20(19-12-15-6-4-5-7-18(15)28-19)21-22(24-13-25-23(21)29-14)26-16-8-10-17(11-9-16)27(2)3;1-9-13(16)12-14(17-8-18-15(12)21-9)19-10-4-6-11(7-5-10)20(2)3;1-10(11)9-6-7-4-2-3-5-8(7)12-9/h4-7,12-13,16-17H,8-11H2,1-3H3,(H,24,25,26);8,10-11H,4-7H2,1-3H3,(H,17,18,19);2-6,11H,1H3. The van der Waals surface area contributed by atoms with Crippen molar-refractivity contribution in [1.29, 1.82) is 0 Å². The summed E-state index contributed by atoms with van der Waals surface area (Å²) in [5.74, 6) is 2.80. The predicted octanol–water partition coefficient (Wildman–Crippen LogP) is 11.0. The number of anilines is 2. The molecule has 15 heteroatoms. The first-order valence-electron chi connectivity index (χ1n) is 21.6. The Labute approximate surface area is 380 Å². The van der Waals surface area contributed by atoms with Gasteiger partial charge in [0, 0.05) is 54.7 Å². The number of nitrogens with zero attached hydrogens (tertiary/aromatic N) is 6. The maximum atomic E-state index is 9.23. The molecule has 11 nitrogen and oxygen atoms in total. The van der Waals surface area contributed by atoms with Crippen molar-refractivity contribution in [2.45, 2.75) is 96.2 Å². The van der Waals surface area contributed by atoms with Crippen LogP contribution in [0.2, 0.25) is 6.82 Å². The number of hydrogen-bond acceptors (Lipinski definition) is 13. The molecule has 6 heterocycles. The maximum absolute atomic E-state index is 9.23. The molecule has 324 valence electrons. The molecule has 2 aliphatic carbocycles. The van der Waals surface area contributed by atoms with Crippen molar-refractivity contribution in [2.75, 3.05) is 38.8 Å². The molecule has 0 unspecified atom stereocenters. The zero-order valence-corrected chi connectivity index (χ0v) is 39.8. The third-order valence-corrected chi connectivity index (χ3v) is 15.6. The summed E-state index contributed by atoms with van der Waals surface area (Å²) in [6.45, 7) is 5.42. The number of benzene rings is 2. The van der Waals surface area contributed by atoms with Gasteiger partial charge in [0.25, 0.3) is 0 Å². The first kappa shape index (κ1) is 44.2. The molecule has 0 atom stereocenters. The lowest BCUT2D eigenvalue weighted by molar-refractivity contribution is 0.221. The van der Waals surface area contributed by atoms with E-state index in [1.54, 1.807) is 42.2 Å². The van der Waals surface area contributed by atoms with Crippen LogP contribution in [0.15, 0.2) is 86.6 Å². The molecule has 2 aromatic carbocycles. The van der Waals surface area contributed by atoms with E-state index >= 15 is 0 Å². The van der Waals surface area contributed by atoms with Gasteiger partial charge in [-0.15, -0.1) is 22.7 Å². The van der Waals surface area contributed by atoms with Crippen LogP contribution < -0.4 is 16.3 Å². The highest BCUT2D eigenvalue weighted by Crippen LogP contribution is 2.43. The summed E-state index contributed by atoms with van der Waals surface area (Å²) < 4.78 is 12.7. The summed E-state index contributed by atoms with van der Waals surface area (Å²) in [5.41, 5.74) is 3.48. The number of fused-ring (bicyclic) bond motifs is 4. The average molecular weight is 936 g/mol. The van der Waals surface area contributed by atoms with Crippen LogP contribution in [0.1, 0.15) is 61.1 Å². The van der Waals surface area contributed by atoms with Gasteiger partial charge in [-0.3, -0.25) is 0 Å². The molecule has 2 saturated carbocycles. The van der Waals surface area contributed by atoms with Crippen molar-refractivity contribution in [3.8, 4) is 11.3 Å². The number of para-hydroxylation sites is 2. The van der Waals surface area contributed by atoms with Gasteiger partial charge in [-0.05, 0) is 134 Å². The summed E-state index contributed by atoms with van der Waals surface area (Å²) in [6, 6.07) is 22.2. The van der Waals surface area contributed by atoms with E-state index in [1.807, 2.05) is 48.5 Å². The largest absolute Gasteiger partial charge is 0.468 e. The van der Waals surface area contributed by atoms with Crippen LogP contribution in [0.4, 0.5) is 11.6 Å². The molecule has 0 amide bonds. The second-order valence-corrected chi connectivity index (χ2v) is 20.2. The Kier molecular flexibility index (Phi) is 14.0. The summed E-state index contributed by atoms with van der Waals surface area (Å²) >= 11 is 7.10. The molecular weight excluding hydrogens is 879 g/mol. The Balaban J connectivity index is 0.000000140. The van der Waals surface area contributed by atoms with Crippen molar-refractivity contribution in [2.24, 2.45) is 0 Å². The highest BCUT2D eigenvalue weighted by atomic mass is 79.9. The van der Waals surface area contributed by atoms with Crippen LogP contribution in [-0.4, -0.2) is 94.0 Å². The van der Waals surface area contributed by atoms with E-state index in [0.717, 1.165) is 88.7 Å². The highest BCUT2D eigenvalue weighted by Gasteiger charge is 2.26. The van der Waals surface area contributed by atoms with Gasteiger partial charge in [-0.1, -0.05) is 43.2 Å². The summed E-state index contributed by atoms with van der Waals surface area (Å²) in [5, 5.41) is 21.0. The lowest BCUT2D eigenvalue weighted by Crippen LogP contribution is -2.36. The van der Waals surface area contributed by atoms with E-state index in [-0.39, 0.29) is 0 Å². The van der Waals surface area contributed by atoms with Crippen LogP contribution in [-0.2, 0) is 0 Å². The zero-order valence-electron chi connectivity index (χ0n) is 36.6. The molecule has 10 rings (SSSR count). The second kappa shape index (κ2) is 19.6. The first-order chi connectivity index (χ1) is 29.9. The highest BCUT2D eigenvalue weighted by molar-refractivity contribution is 9.10. The number of aryl methyl sites for hydroxylation is 2. The molecule has 3 N–H and O–H groups in total. The van der Waals surface area contributed by atoms with E-state index in [1.165, 1.54) is 48.3 Å². The fourth-order valence-electron chi connectivity index (χ4n) is 8.74. The lowest BCUT2D eigenvalue weighted by Gasteiger charge is -2.33. The molecule has 2 fully saturated rings. The van der Waals surface area contributed by atoms with Gasteiger partial charge in [-0.2, -0.15) is 0 Å². The molecule has 6 aromatic heterocycles.